The van der Waals surface area contributed by atoms with Gasteiger partial charge in [-0.2, -0.15) is 0 Å². The second kappa shape index (κ2) is 7.42. The van der Waals surface area contributed by atoms with Crippen LogP contribution in [0.3, 0.4) is 0 Å². The molecule has 0 aromatic carbocycles. The van der Waals surface area contributed by atoms with Crippen LogP contribution in [0.1, 0.15) is 6.92 Å². The van der Waals surface area contributed by atoms with Gasteiger partial charge in [0.25, 0.3) is 0 Å². The van der Waals surface area contributed by atoms with E-state index >= 15 is 0 Å². The monoisotopic (exact) mass is 259 g/mol. The molecule has 96 valence electrons. The Balaban J connectivity index is 2.85. The van der Waals surface area contributed by atoms with Gasteiger partial charge in [0.05, 0.1) is 19.3 Å². The van der Waals surface area contributed by atoms with Crippen molar-refractivity contribution < 1.29 is 9.47 Å². The van der Waals surface area contributed by atoms with Crippen molar-refractivity contribution in [2.45, 2.75) is 13.0 Å². The number of methoxy groups -OCH3 is 2. The topological polar surface area (TPSA) is 47.5 Å². The molecule has 0 aliphatic heterocycles. The minimum Gasteiger partial charge on any atom is -0.383 e. The van der Waals surface area contributed by atoms with Gasteiger partial charge in [0.2, 0.25) is 0 Å². The number of aromatic nitrogens is 2. The molecule has 1 aromatic heterocycles. The Morgan fingerprint density at radius 1 is 1.29 bits per heavy atom. The van der Waals surface area contributed by atoms with Gasteiger partial charge in [-0.15, -0.1) is 0 Å². The van der Waals surface area contributed by atoms with Crippen molar-refractivity contribution in [3.63, 3.8) is 0 Å². The molecule has 0 bridgehead atoms. The highest BCUT2D eigenvalue weighted by Crippen LogP contribution is 2.21. The lowest BCUT2D eigenvalue weighted by Crippen LogP contribution is -2.39. The van der Waals surface area contributed by atoms with Gasteiger partial charge >= 0.3 is 0 Å². The van der Waals surface area contributed by atoms with E-state index in [0.717, 1.165) is 0 Å². The summed E-state index contributed by atoms with van der Waals surface area (Å²) in [6.45, 7) is 3.93. The second-order valence-corrected chi connectivity index (χ2v) is 4.02. The van der Waals surface area contributed by atoms with Crippen molar-refractivity contribution in [1.82, 2.24) is 9.97 Å². The Hall–Kier alpha value is -0.910. The number of halogens is 1. The van der Waals surface area contributed by atoms with Crippen LogP contribution in [0.2, 0.25) is 5.15 Å². The van der Waals surface area contributed by atoms with Gasteiger partial charge in [-0.3, -0.25) is 0 Å². The summed E-state index contributed by atoms with van der Waals surface area (Å²) in [6, 6.07) is 0.157. The van der Waals surface area contributed by atoms with Crippen LogP contribution < -0.4 is 4.90 Å². The van der Waals surface area contributed by atoms with Crippen LogP contribution in [0.4, 0.5) is 5.82 Å². The quantitative estimate of drug-likeness (QED) is 0.745. The van der Waals surface area contributed by atoms with Crippen molar-refractivity contribution in [2.75, 3.05) is 38.9 Å². The molecule has 0 aliphatic carbocycles. The van der Waals surface area contributed by atoms with E-state index in [9.17, 15) is 0 Å². The predicted octanol–water partition coefficient (Wildman–Crippen LogP) is 1.62. The molecule has 1 unspecified atom stereocenters. The van der Waals surface area contributed by atoms with Crippen LogP contribution in [-0.2, 0) is 9.47 Å². The predicted molar refractivity (Wildman–Crippen MR) is 67.6 cm³/mol. The maximum atomic E-state index is 6.05. The summed E-state index contributed by atoms with van der Waals surface area (Å²) >= 11 is 6.05. The number of nitrogens with zero attached hydrogens (tertiary/aromatic N) is 3. The van der Waals surface area contributed by atoms with E-state index in [-0.39, 0.29) is 6.04 Å². The van der Waals surface area contributed by atoms with Crippen LogP contribution >= 0.6 is 11.6 Å². The van der Waals surface area contributed by atoms with Gasteiger partial charge in [-0.05, 0) is 6.92 Å². The first-order valence-corrected chi connectivity index (χ1v) is 5.79. The van der Waals surface area contributed by atoms with E-state index in [1.54, 1.807) is 26.6 Å². The average molecular weight is 260 g/mol. The fourth-order valence-corrected chi connectivity index (χ4v) is 1.78. The summed E-state index contributed by atoms with van der Waals surface area (Å²) in [5.41, 5.74) is 0. The highest BCUT2D eigenvalue weighted by Gasteiger charge is 2.18. The molecule has 1 rings (SSSR count). The third kappa shape index (κ3) is 4.11. The number of ether oxygens (including phenoxy) is 2. The standard InChI is InChI=1S/C11H18ClN3O2/c1-9(8-17-3)15(6-7-16-2)11-10(12)13-4-5-14-11/h4-5,9H,6-8H2,1-3H3. The molecule has 0 aliphatic rings. The van der Waals surface area contributed by atoms with E-state index in [4.69, 9.17) is 21.1 Å². The molecule has 0 saturated heterocycles. The number of rotatable bonds is 7. The molecular weight excluding hydrogens is 242 g/mol. The van der Waals surface area contributed by atoms with Gasteiger partial charge < -0.3 is 14.4 Å². The summed E-state index contributed by atoms with van der Waals surface area (Å²) in [7, 11) is 3.33. The Labute approximate surface area is 107 Å². The Morgan fingerprint density at radius 3 is 2.59 bits per heavy atom. The Morgan fingerprint density at radius 2 is 2.00 bits per heavy atom. The summed E-state index contributed by atoms with van der Waals surface area (Å²) in [4.78, 5) is 10.3. The Kier molecular flexibility index (Phi) is 6.18. The van der Waals surface area contributed by atoms with Crippen LogP contribution in [0.15, 0.2) is 12.4 Å². The molecule has 0 radical (unpaired) electrons. The fourth-order valence-electron chi connectivity index (χ4n) is 1.56. The van der Waals surface area contributed by atoms with E-state index < -0.39 is 0 Å². The Bertz CT molecular complexity index is 338. The van der Waals surface area contributed by atoms with E-state index in [1.807, 2.05) is 11.8 Å². The van der Waals surface area contributed by atoms with E-state index in [1.165, 1.54) is 0 Å². The smallest absolute Gasteiger partial charge is 0.171 e. The van der Waals surface area contributed by atoms with Crippen LogP contribution in [-0.4, -0.2) is 50.0 Å². The highest BCUT2D eigenvalue weighted by atomic mass is 35.5. The third-order valence-electron chi connectivity index (χ3n) is 2.38. The summed E-state index contributed by atoms with van der Waals surface area (Å²) in [6.07, 6.45) is 3.20. The zero-order chi connectivity index (χ0) is 12.7. The molecule has 0 N–H and O–H groups in total. The first kappa shape index (κ1) is 14.2. The molecule has 0 spiro atoms. The third-order valence-corrected chi connectivity index (χ3v) is 2.65. The number of hydrogen-bond donors (Lipinski definition) is 0. The van der Waals surface area contributed by atoms with Crippen molar-refractivity contribution in [3.8, 4) is 0 Å². The fraction of sp³-hybridized carbons (Fsp3) is 0.636. The summed E-state index contributed by atoms with van der Waals surface area (Å²) in [5.74, 6) is 0.663. The van der Waals surface area contributed by atoms with Crippen LogP contribution in [0.25, 0.3) is 0 Å². The first-order valence-electron chi connectivity index (χ1n) is 5.41. The lowest BCUT2D eigenvalue weighted by molar-refractivity contribution is 0.170. The van der Waals surface area contributed by atoms with Gasteiger partial charge in [-0.25, -0.2) is 9.97 Å². The first-order chi connectivity index (χ1) is 8.20. The summed E-state index contributed by atoms with van der Waals surface area (Å²) in [5, 5.41) is 0.395. The lowest BCUT2D eigenvalue weighted by Gasteiger charge is -2.29. The van der Waals surface area contributed by atoms with Crippen molar-refractivity contribution in [3.05, 3.63) is 17.5 Å². The number of hydrogen-bond acceptors (Lipinski definition) is 5. The number of anilines is 1. The van der Waals surface area contributed by atoms with Crippen LogP contribution in [0.5, 0.6) is 0 Å². The lowest BCUT2D eigenvalue weighted by atomic mass is 10.3. The molecule has 0 amide bonds. The highest BCUT2D eigenvalue weighted by molar-refractivity contribution is 6.31. The zero-order valence-electron chi connectivity index (χ0n) is 10.4. The van der Waals surface area contributed by atoms with Crippen molar-refractivity contribution in [2.24, 2.45) is 0 Å². The zero-order valence-corrected chi connectivity index (χ0v) is 11.1. The molecule has 0 saturated carbocycles. The van der Waals surface area contributed by atoms with Gasteiger partial charge in [0, 0.05) is 33.2 Å². The minimum atomic E-state index is 0.157. The molecule has 0 fully saturated rings. The van der Waals surface area contributed by atoms with Gasteiger partial charge in [0.1, 0.15) is 0 Å². The molecule has 6 heteroatoms. The molecular formula is C11H18ClN3O2. The van der Waals surface area contributed by atoms with Gasteiger partial charge in [0.15, 0.2) is 11.0 Å². The SMILES string of the molecule is COCCN(c1nccnc1Cl)C(C)COC. The molecule has 17 heavy (non-hydrogen) atoms. The second-order valence-electron chi connectivity index (χ2n) is 3.66. The molecule has 1 atom stereocenters. The summed E-state index contributed by atoms with van der Waals surface area (Å²) < 4.78 is 10.2. The van der Waals surface area contributed by atoms with Gasteiger partial charge in [-0.1, -0.05) is 11.6 Å². The largest absolute Gasteiger partial charge is 0.383 e. The molecule has 1 aromatic rings. The van der Waals surface area contributed by atoms with Crippen molar-refractivity contribution in [1.29, 1.82) is 0 Å². The maximum absolute atomic E-state index is 6.05. The molecule has 1 heterocycles. The molecule has 5 nitrogen and oxygen atoms in total. The minimum absolute atomic E-state index is 0.157. The normalized spacial score (nSPS) is 12.5. The van der Waals surface area contributed by atoms with E-state index in [0.29, 0.717) is 30.7 Å². The van der Waals surface area contributed by atoms with E-state index in [2.05, 4.69) is 9.97 Å². The average Bonchev–Trinajstić information content (AvgIpc) is 2.32. The van der Waals surface area contributed by atoms with Crippen molar-refractivity contribution >= 4 is 17.4 Å². The maximum Gasteiger partial charge on any atom is 0.171 e. The van der Waals surface area contributed by atoms with Crippen LogP contribution in [0, 0.1) is 0 Å².